The van der Waals surface area contributed by atoms with Crippen LogP contribution in [0.2, 0.25) is 0 Å². The molecule has 0 saturated carbocycles. The maximum absolute atomic E-state index is 14.0. The van der Waals surface area contributed by atoms with Crippen LogP contribution < -0.4 is 24.4 Å². The van der Waals surface area contributed by atoms with Crippen LogP contribution in [0.15, 0.2) is 48.5 Å². The molecule has 0 bridgehead atoms. The summed E-state index contributed by atoms with van der Waals surface area (Å²) in [6.45, 7) is 5.11. The largest absolute Gasteiger partial charge is 0.496 e. The van der Waals surface area contributed by atoms with E-state index in [2.05, 4.69) is 9.84 Å². The fourth-order valence-corrected chi connectivity index (χ4v) is 5.43. The number of amides is 1. The van der Waals surface area contributed by atoms with Gasteiger partial charge in [0.05, 0.1) is 31.0 Å². The number of halogens is 1. The molecule has 1 aliphatic rings. The number of carbonyl (C=O) groups is 1. The number of benzene rings is 3. The molecule has 0 aliphatic carbocycles. The van der Waals surface area contributed by atoms with Crippen LogP contribution in [0.3, 0.4) is 0 Å². The molecule has 11 nitrogen and oxygen atoms in total. The molecule has 0 radical (unpaired) electrons. The minimum Gasteiger partial charge on any atom is -0.496 e. The monoisotopic (exact) mass is 613 g/mol. The molecule has 0 fully saturated rings. The van der Waals surface area contributed by atoms with Gasteiger partial charge in [0.1, 0.15) is 47.9 Å². The summed E-state index contributed by atoms with van der Waals surface area (Å²) in [7, 11) is -1.66. The maximum atomic E-state index is 14.0. The zero-order valence-electron chi connectivity index (χ0n) is 24.4. The van der Waals surface area contributed by atoms with Gasteiger partial charge in [0, 0.05) is 30.3 Å². The summed E-state index contributed by atoms with van der Waals surface area (Å²) >= 11 is 0. The van der Waals surface area contributed by atoms with E-state index in [0.29, 0.717) is 39.6 Å². The molecular weight excluding hydrogens is 580 g/mol. The molecule has 3 aromatic carbocycles. The Bertz CT molecular complexity index is 1620. The number of ether oxygens (including phenoxy) is 3. The fraction of sp³-hybridized carbons (Fsp3) is 0.333. The average molecular weight is 614 g/mol. The van der Waals surface area contributed by atoms with Crippen LogP contribution in [0, 0.1) is 24.1 Å². The lowest BCUT2D eigenvalue weighted by atomic mass is 9.91. The summed E-state index contributed by atoms with van der Waals surface area (Å²) < 4.78 is 47.4. The van der Waals surface area contributed by atoms with Gasteiger partial charge in [-0.2, -0.15) is 5.26 Å². The van der Waals surface area contributed by atoms with Crippen LogP contribution in [-0.4, -0.2) is 48.1 Å². The number of aryl methyl sites for hydroxylation is 1. The molecule has 13 heteroatoms. The summed E-state index contributed by atoms with van der Waals surface area (Å²) in [5.74, 6) is 0.473. The first kappa shape index (κ1) is 31.8. The van der Waals surface area contributed by atoms with E-state index in [9.17, 15) is 13.8 Å². The predicted molar refractivity (Wildman–Crippen MR) is 158 cm³/mol. The number of carbonyl (C=O) groups excluding carboxylic acids is 1. The van der Waals surface area contributed by atoms with E-state index in [1.807, 2.05) is 25.1 Å². The van der Waals surface area contributed by atoms with E-state index in [-0.39, 0.29) is 25.5 Å². The van der Waals surface area contributed by atoms with Crippen LogP contribution in [0.1, 0.15) is 31.4 Å². The van der Waals surface area contributed by atoms with Crippen molar-refractivity contribution in [3.05, 3.63) is 65.5 Å². The van der Waals surface area contributed by atoms with E-state index in [0.717, 1.165) is 11.3 Å². The molecule has 1 heterocycles. The van der Waals surface area contributed by atoms with Gasteiger partial charge >= 0.3 is 7.82 Å². The highest BCUT2D eigenvalue weighted by Gasteiger charge is 2.39. The fourth-order valence-electron chi connectivity index (χ4n) is 4.90. The summed E-state index contributed by atoms with van der Waals surface area (Å²) in [4.78, 5) is 33.1. The first-order valence-corrected chi connectivity index (χ1v) is 14.8. The third-order valence-electron chi connectivity index (χ3n) is 6.93. The Morgan fingerprint density at radius 2 is 1.81 bits per heavy atom. The second kappa shape index (κ2) is 12.6. The normalized spacial score (nSPS) is 14.8. The Kier molecular flexibility index (Phi) is 9.32. The van der Waals surface area contributed by atoms with Crippen LogP contribution in [0.5, 0.6) is 17.2 Å². The third-order valence-corrected chi connectivity index (χ3v) is 7.50. The molecule has 3 N–H and O–H groups in total. The number of nitrogens with one attached hydrogen (secondary N) is 1. The number of likely N-dealkylation sites (N-methyl/N-ethyl adjacent to an activating group) is 1. The van der Waals surface area contributed by atoms with Crippen molar-refractivity contribution in [2.45, 2.75) is 45.4 Å². The molecular formula is C30H33FN3O8P. The number of rotatable bonds is 11. The highest BCUT2D eigenvalue weighted by Crippen LogP contribution is 2.45. The summed E-state index contributed by atoms with van der Waals surface area (Å²) in [5.41, 5.74) is 3.20. The zero-order chi connectivity index (χ0) is 31.5. The summed E-state index contributed by atoms with van der Waals surface area (Å²) in [5, 5.41) is 12.3. The average Bonchev–Trinajstić information content (AvgIpc) is 2.94. The van der Waals surface area contributed by atoms with Crippen molar-refractivity contribution in [3.63, 3.8) is 0 Å². The van der Waals surface area contributed by atoms with Gasteiger partial charge in [-0.25, -0.2) is 8.96 Å². The molecule has 1 aliphatic heterocycles. The molecule has 1 atom stereocenters. The first-order chi connectivity index (χ1) is 20.2. The number of methoxy groups -OCH3 is 1. The van der Waals surface area contributed by atoms with Gasteiger partial charge in [-0.1, -0.05) is 12.1 Å². The standard InChI is InChI=1S/C30H33FN3O8P/c1-18-6-7-19(31)14-26(18)41-17-24-22(10-11-25-28(24)34(4)29(35)30(2,3)33-25)23-9-8-20(15-27(23)39-5)40-16-21(12-13-32)42-43(36,37)38/h6-11,14-15,21,33H,12,16-17H2,1-5H3,(H2,36,37,38)/t21-/m0/s1. The molecule has 0 saturated heterocycles. The van der Waals surface area contributed by atoms with E-state index in [1.165, 1.54) is 19.2 Å². The van der Waals surface area contributed by atoms with E-state index < -0.39 is 25.3 Å². The van der Waals surface area contributed by atoms with Crippen molar-refractivity contribution >= 4 is 25.1 Å². The number of fused-ring (bicyclic) bond motifs is 1. The number of nitrogens with zero attached hydrogens (tertiary/aromatic N) is 2. The summed E-state index contributed by atoms with van der Waals surface area (Å²) in [6.07, 6.45) is -1.45. The van der Waals surface area contributed by atoms with E-state index in [1.54, 1.807) is 50.1 Å². The quantitative estimate of drug-likeness (QED) is 0.242. The lowest BCUT2D eigenvalue weighted by Gasteiger charge is -2.39. The Labute approximate surface area is 249 Å². The number of anilines is 2. The highest BCUT2D eigenvalue weighted by molar-refractivity contribution is 7.46. The van der Waals surface area contributed by atoms with Gasteiger partial charge in [0.25, 0.3) is 5.91 Å². The smallest absolute Gasteiger partial charge is 0.470 e. The molecule has 4 rings (SSSR count). The lowest BCUT2D eigenvalue weighted by Crippen LogP contribution is -2.52. The number of nitriles is 1. The zero-order valence-corrected chi connectivity index (χ0v) is 25.3. The van der Waals surface area contributed by atoms with Crippen molar-refractivity contribution in [1.29, 1.82) is 5.26 Å². The SMILES string of the molecule is COc1cc(OC[C@H](CC#N)OP(=O)(O)O)ccc1-c1ccc2c(c1COc1cc(F)ccc1C)N(C)C(=O)C(C)(C)N2. The van der Waals surface area contributed by atoms with Gasteiger partial charge in [-0.15, -0.1) is 0 Å². The van der Waals surface area contributed by atoms with Crippen LogP contribution in [-0.2, 0) is 20.5 Å². The van der Waals surface area contributed by atoms with Gasteiger partial charge in [0.15, 0.2) is 0 Å². The topological polar surface area (TPSA) is 151 Å². The van der Waals surface area contributed by atoms with Crippen molar-refractivity contribution in [3.8, 4) is 34.4 Å². The minimum absolute atomic E-state index is 0.000507. The van der Waals surface area contributed by atoms with Crippen molar-refractivity contribution < 1.29 is 42.3 Å². The molecule has 43 heavy (non-hydrogen) atoms. The number of phosphoric acid groups is 1. The highest BCUT2D eigenvalue weighted by atomic mass is 31.2. The van der Waals surface area contributed by atoms with Crippen molar-refractivity contribution in [2.24, 2.45) is 0 Å². The number of hydrogen-bond donors (Lipinski definition) is 3. The molecule has 0 aromatic heterocycles. The molecule has 228 valence electrons. The number of phosphoric ester groups is 1. The third kappa shape index (κ3) is 7.27. The van der Waals surface area contributed by atoms with Gasteiger partial charge in [0.2, 0.25) is 0 Å². The molecule has 3 aromatic rings. The Hall–Kier alpha value is -4.14. The molecule has 0 unspecified atom stereocenters. The predicted octanol–water partition coefficient (Wildman–Crippen LogP) is 5.33. The van der Waals surface area contributed by atoms with Gasteiger partial charge in [-0.3, -0.25) is 9.32 Å². The van der Waals surface area contributed by atoms with E-state index >= 15 is 0 Å². The first-order valence-electron chi connectivity index (χ1n) is 13.3. The van der Waals surface area contributed by atoms with Crippen LogP contribution >= 0.6 is 7.82 Å². The van der Waals surface area contributed by atoms with Gasteiger partial charge < -0.3 is 34.2 Å². The Morgan fingerprint density at radius 1 is 1.09 bits per heavy atom. The second-order valence-corrected chi connectivity index (χ2v) is 11.7. The van der Waals surface area contributed by atoms with Crippen LogP contribution in [0.25, 0.3) is 11.1 Å². The summed E-state index contributed by atoms with van der Waals surface area (Å²) in [6, 6.07) is 14.8. The molecule has 1 amide bonds. The Balaban J connectivity index is 1.74. The van der Waals surface area contributed by atoms with Crippen molar-refractivity contribution in [2.75, 3.05) is 31.0 Å². The second-order valence-electron chi connectivity index (χ2n) is 10.6. The Morgan fingerprint density at radius 3 is 2.49 bits per heavy atom. The number of hydrogen-bond acceptors (Lipinski definition) is 8. The lowest BCUT2D eigenvalue weighted by molar-refractivity contribution is -0.121. The van der Waals surface area contributed by atoms with Crippen molar-refractivity contribution in [1.82, 2.24) is 0 Å². The minimum atomic E-state index is -4.83. The molecule has 0 spiro atoms. The van der Waals surface area contributed by atoms with Crippen LogP contribution in [0.4, 0.5) is 15.8 Å². The van der Waals surface area contributed by atoms with E-state index in [4.69, 9.17) is 29.3 Å². The van der Waals surface area contributed by atoms with Gasteiger partial charge in [-0.05, 0) is 56.2 Å². The maximum Gasteiger partial charge on any atom is 0.470 e.